The van der Waals surface area contributed by atoms with E-state index >= 15 is 0 Å². The summed E-state index contributed by atoms with van der Waals surface area (Å²) in [6.07, 6.45) is 2.41. The fraction of sp³-hybridized carbons (Fsp3) is 0.538. The topological polar surface area (TPSA) is 26.0 Å². The van der Waals surface area contributed by atoms with E-state index in [0.717, 1.165) is 0 Å². The minimum atomic E-state index is -0.0859. The maximum absolute atomic E-state index is 6.22. The first-order valence-electron chi connectivity index (χ1n) is 5.37. The van der Waals surface area contributed by atoms with Gasteiger partial charge in [-0.05, 0) is 50.3 Å². The molecule has 1 aromatic carbocycles. The molecule has 0 fully saturated rings. The molecule has 1 heteroatoms. The van der Waals surface area contributed by atoms with Gasteiger partial charge < -0.3 is 5.73 Å². The lowest BCUT2D eigenvalue weighted by Gasteiger charge is -2.28. The van der Waals surface area contributed by atoms with E-state index in [2.05, 4.69) is 39.0 Å². The first-order valence-corrected chi connectivity index (χ1v) is 5.37. The number of aryl methyl sites for hydroxylation is 2. The number of benzene rings is 1. The SMILES string of the molecule is Cc1cccc2c1C(C(C)(C)N)CC2. The smallest absolute Gasteiger partial charge is 0.0166 e. The summed E-state index contributed by atoms with van der Waals surface area (Å²) < 4.78 is 0. The zero-order chi connectivity index (χ0) is 10.3. The second-order valence-corrected chi connectivity index (χ2v) is 5.06. The van der Waals surface area contributed by atoms with Gasteiger partial charge in [-0.2, -0.15) is 0 Å². The van der Waals surface area contributed by atoms with Crippen LogP contribution in [0, 0.1) is 6.92 Å². The van der Waals surface area contributed by atoms with Crippen LogP contribution in [0.5, 0.6) is 0 Å². The van der Waals surface area contributed by atoms with Gasteiger partial charge in [0.25, 0.3) is 0 Å². The molecule has 2 rings (SSSR count). The molecule has 0 saturated carbocycles. The van der Waals surface area contributed by atoms with Crippen LogP contribution in [0.3, 0.4) is 0 Å². The average Bonchev–Trinajstić information content (AvgIpc) is 2.47. The van der Waals surface area contributed by atoms with Gasteiger partial charge in [-0.15, -0.1) is 0 Å². The van der Waals surface area contributed by atoms with Crippen LogP contribution in [0.4, 0.5) is 0 Å². The lowest BCUT2D eigenvalue weighted by Crippen LogP contribution is -2.38. The van der Waals surface area contributed by atoms with Crippen molar-refractivity contribution in [3.63, 3.8) is 0 Å². The van der Waals surface area contributed by atoms with E-state index in [1.54, 1.807) is 0 Å². The van der Waals surface area contributed by atoms with Gasteiger partial charge in [0.15, 0.2) is 0 Å². The average molecular weight is 189 g/mol. The van der Waals surface area contributed by atoms with Crippen molar-refractivity contribution in [1.29, 1.82) is 0 Å². The molecule has 0 saturated heterocycles. The van der Waals surface area contributed by atoms with Crippen molar-refractivity contribution in [1.82, 2.24) is 0 Å². The third-order valence-electron chi connectivity index (χ3n) is 3.36. The molecule has 14 heavy (non-hydrogen) atoms. The van der Waals surface area contributed by atoms with Crippen LogP contribution in [-0.4, -0.2) is 5.54 Å². The van der Waals surface area contributed by atoms with Gasteiger partial charge in [-0.1, -0.05) is 18.2 Å². The molecule has 0 radical (unpaired) electrons. The van der Waals surface area contributed by atoms with Crippen LogP contribution in [0.2, 0.25) is 0 Å². The molecule has 2 N–H and O–H groups in total. The van der Waals surface area contributed by atoms with E-state index in [9.17, 15) is 0 Å². The van der Waals surface area contributed by atoms with Crippen LogP contribution in [0.15, 0.2) is 18.2 Å². The standard InChI is InChI=1S/C13H19N/c1-9-5-4-6-10-7-8-11(12(9)10)13(2,3)14/h4-6,11H,7-8,14H2,1-3H3. The molecule has 0 aliphatic heterocycles. The minimum absolute atomic E-state index is 0.0859. The molecule has 1 aliphatic carbocycles. The lowest BCUT2D eigenvalue weighted by molar-refractivity contribution is 0.408. The molecule has 76 valence electrons. The van der Waals surface area contributed by atoms with Crippen LogP contribution in [0.25, 0.3) is 0 Å². The van der Waals surface area contributed by atoms with Gasteiger partial charge in [0, 0.05) is 11.5 Å². The fourth-order valence-corrected chi connectivity index (χ4v) is 2.65. The molecule has 1 nitrogen and oxygen atoms in total. The predicted molar refractivity (Wildman–Crippen MR) is 60.5 cm³/mol. The predicted octanol–water partition coefficient (Wildman–Crippen LogP) is 2.76. The Labute approximate surface area is 86.3 Å². The van der Waals surface area contributed by atoms with Crippen molar-refractivity contribution in [2.45, 2.75) is 45.1 Å². The maximum atomic E-state index is 6.22. The first kappa shape index (κ1) is 9.72. The van der Waals surface area contributed by atoms with Crippen LogP contribution in [0.1, 0.15) is 42.9 Å². The Morgan fingerprint density at radius 2 is 2.07 bits per heavy atom. The summed E-state index contributed by atoms with van der Waals surface area (Å²) in [5.41, 5.74) is 10.6. The monoisotopic (exact) mass is 189 g/mol. The largest absolute Gasteiger partial charge is 0.325 e. The van der Waals surface area contributed by atoms with Crippen molar-refractivity contribution in [2.24, 2.45) is 5.73 Å². The van der Waals surface area contributed by atoms with Gasteiger partial charge in [0.1, 0.15) is 0 Å². The van der Waals surface area contributed by atoms with E-state index < -0.39 is 0 Å². The molecule has 1 aromatic rings. The van der Waals surface area contributed by atoms with Crippen molar-refractivity contribution in [3.8, 4) is 0 Å². The normalized spacial score (nSPS) is 21.0. The van der Waals surface area contributed by atoms with Crippen molar-refractivity contribution in [2.75, 3.05) is 0 Å². The first-order chi connectivity index (χ1) is 6.50. The summed E-state index contributed by atoms with van der Waals surface area (Å²) in [5.74, 6) is 0.540. The van der Waals surface area contributed by atoms with Crippen molar-refractivity contribution < 1.29 is 0 Å². The maximum Gasteiger partial charge on any atom is 0.0166 e. The lowest BCUT2D eigenvalue weighted by atomic mass is 9.82. The van der Waals surface area contributed by atoms with E-state index in [1.807, 2.05) is 0 Å². The molecule has 1 aliphatic rings. The number of hydrogen-bond acceptors (Lipinski definition) is 1. The molecule has 0 bridgehead atoms. The number of fused-ring (bicyclic) bond motifs is 1. The minimum Gasteiger partial charge on any atom is -0.325 e. The molecule has 0 spiro atoms. The Hall–Kier alpha value is -0.820. The Bertz CT molecular complexity index is 347. The van der Waals surface area contributed by atoms with E-state index in [-0.39, 0.29) is 5.54 Å². The Kier molecular flexibility index (Phi) is 2.15. The van der Waals surface area contributed by atoms with Gasteiger partial charge >= 0.3 is 0 Å². The summed E-state index contributed by atoms with van der Waals surface area (Å²) in [5, 5.41) is 0. The molecule has 1 atom stereocenters. The quantitative estimate of drug-likeness (QED) is 0.722. The zero-order valence-corrected chi connectivity index (χ0v) is 9.30. The van der Waals surface area contributed by atoms with Gasteiger partial charge in [0.2, 0.25) is 0 Å². The third kappa shape index (κ3) is 1.46. The molecular formula is C13H19N. The van der Waals surface area contributed by atoms with E-state index in [4.69, 9.17) is 5.73 Å². The third-order valence-corrected chi connectivity index (χ3v) is 3.36. The summed E-state index contributed by atoms with van der Waals surface area (Å²) in [4.78, 5) is 0. The van der Waals surface area contributed by atoms with Crippen LogP contribution >= 0.6 is 0 Å². The number of nitrogens with two attached hydrogens (primary N) is 1. The van der Waals surface area contributed by atoms with Gasteiger partial charge in [-0.3, -0.25) is 0 Å². The van der Waals surface area contributed by atoms with Crippen molar-refractivity contribution in [3.05, 3.63) is 34.9 Å². The Morgan fingerprint density at radius 1 is 1.36 bits per heavy atom. The van der Waals surface area contributed by atoms with E-state index in [1.165, 1.54) is 29.5 Å². The summed E-state index contributed by atoms with van der Waals surface area (Å²) in [6.45, 7) is 6.47. The Balaban J connectivity index is 2.48. The molecule has 1 unspecified atom stereocenters. The number of rotatable bonds is 1. The van der Waals surface area contributed by atoms with Gasteiger partial charge in [0.05, 0.1) is 0 Å². The molecule has 0 heterocycles. The molecule has 0 amide bonds. The number of hydrogen-bond donors (Lipinski definition) is 1. The second kappa shape index (κ2) is 3.09. The van der Waals surface area contributed by atoms with Crippen LogP contribution in [-0.2, 0) is 6.42 Å². The highest BCUT2D eigenvalue weighted by atomic mass is 14.7. The summed E-state index contributed by atoms with van der Waals surface area (Å²) >= 11 is 0. The van der Waals surface area contributed by atoms with Crippen molar-refractivity contribution >= 4 is 0 Å². The highest BCUT2D eigenvalue weighted by molar-refractivity contribution is 5.42. The Morgan fingerprint density at radius 3 is 2.71 bits per heavy atom. The highest BCUT2D eigenvalue weighted by Crippen LogP contribution is 2.40. The highest BCUT2D eigenvalue weighted by Gasteiger charge is 2.33. The van der Waals surface area contributed by atoms with Gasteiger partial charge in [-0.25, -0.2) is 0 Å². The second-order valence-electron chi connectivity index (χ2n) is 5.06. The molecular weight excluding hydrogens is 170 g/mol. The zero-order valence-electron chi connectivity index (χ0n) is 9.30. The summed E-state index contributed by atoms with van der Waals surface area (Å²) in [7, 11) is 0. The van der Waals surface area contributed by atoms with Crippen LogP contribution < -0.4 is 5.73 Å². The molecule has 0 aromatic heterocycles. The van der Waals surface area contributed by atoms with E-state index in [0.29, 0.717) is 5.92 Å². The summed E-state index contributed by atoms with van der Waals surface area (Å²) in [6, 6.07) is 6.59. The fourth-order valence-electron chi connectivity index (χ4n) is 2.65.